The molecule has 0 spiro atoms. The highest BCUT2D eigenvalue weighted by Crippen LogP contribution is 2.35. The molecule has 2 aliphatic heterocycles. The second kappa shape index (κ2) is 8.63. The molecule has 6 nitrogen and oxygen atoms in total. The number of rotatable bonds is 7. The summed E-state index contributed by atoms with van der Waals surface area (Å²) in [5.41, 5.74) is 3.08. The maximum absolute atomic E-state index is 12.8. The normalized spacial score (nSPS) is 19.6. The molecule has 0 saturated carbocycles. The van der Waals surface area contributed by atoms with Crippen LogP contribution in [-0.4, -0.2) is 65.4 Å². The molecule has 2 heterocycles. The van der Waals surface area contributed by atoms with Gasteiger partial charge in [0, 0.05) is 44.1 Å². The minimum absolute atomic E-state index is 0.242. The average molecular weight is 416 g/mol. The van der Waals surface area contributed by atoms with Gasteiger partial charge >= 0.3 is 0 Å². The first kappa shape index (κ1) is 20.0. The van der Waals surface area contributed by atoms with Gasteiger partial charge in [-0.15, -0.1) is 0 Å². The van der Waals surface area contributed by atoms with Crippen molar-refractivity contribution in [1.82, 2.24) is 4.90 Å². The van der Waals surface area contributed by atoms with E-state index < -0.39 is 15.1 Å². The molecule has 7 heteroatoms. The lowest BCUT2D eigenvalue weighted by Gasteiger charge is -2.36. The molecule has 0 amide bonds. The van der Waals surface area contributed by atoms with Crippen LogP contribution >= 0.6 is 0 Å². The van der Waals surface area contributed by atoms with Gasteiger partial charge in [0.2, 0.25) is 0 Å². The summed E-state index contributed by atoms with van der Waals surface area (Å²) in [6, 6.07) is 15.9. The van der Waals surface area contributed by atoms with Gasteiger partial charge in [-0.2, -0.15) is 0 Å². The zero-order chi connectivity index (χ0) is 20.3. The number of ether oxygens (including phenoxy) is 1. The summed E-state index contributed by atoms with van der Waals surface area (Å²) >= 11 is 0. The van der Waals surface area contributed by atoms with E-state index in [2.05, 4.69) is 27.2 Å². The molecule has 0 bridgehead atoms. The molecule has 0 aromatic heterocycles. The van der Waals surface area contributed by atoms with Crippen molar-refractivity contribution in [3.8, 4) is 5.75 Å². The maximum atomic E-state index is 12.8. The van der Waals surface area contributed by atoms with Gasteiger partial charge in [0.25, 0.3) is 0 Å². The minimum atomic E-state index is -3.15. The van der Waals surface area contributed by atoms with E-state index in [0.29, 0.717) is 13.0 Å². The fourth-order valence-corrected chi connectivity index (χ4v) is 5.97. The van der Waals surface area contributed by atoms with Crippen molar-refractivity contribution < 1.29 is 13.2 Å². The summed E-state index contributed by atoms with van der Waals surface area (Å²) in [5.74, 6) is 1.11. The van der Waals surface area contributed by atoms with Crippen molar-refractivity contribution in [2.24, 2.45) is 0 Å². The van der Waals surface area contributed by atoms with Crippen LogP contribution in [0.15, 0.2) is 48.5 Å². The number of methoxy groups -OCH3 is 1. The van der Waals surface area contributed by atoms with Gasteiger partial charge < -0.3 is 15.0 Å². The highest BCUT2D eigenvalue weighted by molar-refractivity contribution is 7.91. The van der Waals surface area contributed by atoms with Crippen molar-refractivity contribution >= 4 is 21.2 Å². The number of piperazine rings is 1. The lowest BCUT2D eigenvalue weighted by atomic mass is 10.2. The van der Waals surface area contributed by atoms with Crippen molar-refractivity contribution in [2.45, 2.75) is 11.7 Å². The molecule has 0 radical (unpaired) electrons. The number of benzene rings is 2. The topological polar surface area (TPSA) is 61.9 Å². The fourth-order valence-electron chi connectivity index (χ4n) is 4.23. The van der Waals surface area contributed by atoms with Crippen LogP contribution in [0.4, 0.5) is 11.4 Å². The number of fused-ring (bicyclic) bond motifs is 1. The average Bonchev–Trinajstić information content (AvgIpc) is 3.19. The first-order chi connectivity index (χ1) is 14.1. The molecule has 1 atom stereocenters. The van der Waals surface area contributed by atoms with Crippen LogP contribution in [0.3, 0.4) is 0 Å². The first-order valence-corrected chi connectivity index (χ1v) is 11.9. The number of anilines is 2. The smallest absolute Gasteiger partial charge is 0.159 e. The second-order valence-corrected chi connectivity index (χ2v) is 10.0. The summed E-state index contributed by atoms with van der Waals surface area (Å²) in [6.07, 6.45) is 0.684. The van der Waals surface area contributed by atoms with E-state index in [0.717, 1.165) is 49.7 Å². The minimum Gasteiger partial charge on any atom is -0.497 e. The number of nitrogens with one attached hydrogen (secondary N) is 1. The number of hydrogen-bond donors (Lipinski definition) is 1. The van der Waals surface area contributed by atoms with E-state index in [1.807, 2.05) is 36.4 Å². The summed E-state index contributed by atoms with van der Waals surface area (Å²) in [4.78, 5) is 4.74. The summed E-state index contributed by atoms with van der Waals surface area (Å²) < 4.78 is 30.9. The predicted molar refractivity (Wildman–Crippen MR) is 118 cm³/mol. The molecule has 156 valence electrons. The third kappa shape index (κ3) is 4.51. The van der Waals surface area contributed by atoms with Crippen LogP contribution < -0.4 is 15.0 Å². The van der Waals surface area contributed by atoms with Crippen LogP contribution in [0.5, 0.6) is 5.75 Å². The lowest BCUT2D eigenvalue weighted by Crippen LogP contribution is -2.46. The summed E-state index contributed by atoms with van der Waals surface area (Å²) in [7, 11) is -1.47. The molecule has 1 unspecified atom stereocenters. The van der Waals surface area contributed by atoms with Gasteiger partial charge in [-0.3, -0.25) is 4.90 Å². The van der Waals surface area contributed by atoms with Gasteiger partial charge in [-0.25, -0.2) is 8.42 Å². The van der Waals surface area contributed by atoms with Crippen LogP contribution in [0, 0.1) is 0 Å². The Balaban J connectivity index is 1.24. The largest absolute Gasteiger partial charge is 0.497 e. The van der Waals surface area contributed by atoms with Crippen molar-refractivity contribution in [3.63, 3.8) is 0 Å². The zero-order valence-corrected chi connectivity index (χ0v) is 17.7. The van der Waals surface area contributed by atoms with Crippen molar-refractivity contribution in [3.05, 3.63) is 54.1 Å². The van der Waals surface area contributed by atoms with E-state index >= 15 is 0 Å². The maximum Gasteiger partial charge on any atom is 0.159 e. The van der Waals surface area contributed by atoms with E-state index in [4.69, 9.17) is 4.74 Å². The molecule has 29 heavy (non-hydrogen) atoms. The van der Waals surface area contributed by atoms with Gasteiger partial charge in [0.1, 0.15) is 11.0 Å². The third-order valence-corrected chi connectivity index (χ3v) is 8.08. The monoisotopic (exact) mass is 415 g/mol. The highest BCUT2D eigenvalue weighted by Gasteiger charge is 2.33. The number of sulfone groups is 1. The molecule has 0 aliphatic carbocycles. The zero-order valence-electron chi connectivity index (χ0n) is 16.9. The van der Waals surface area contributed by atoms with E-state index in [-0.39, 0.29) is 5.75 Å². The van der Waals surface area contributed by atoms with E-state index in [1.165, 1.54) is 5.69 Å². The van der Waals surface area contributed by atoms with Crippen LogP contribution in [0.1, 0.15) is 17.2 Å². The Hall–Kier alpha value is -2.25. The third-order valence-electron chi connectivity index (χ3n) is 5.93. The van der Waals surface area contributed by atoms with Gasteiger partial charge in [-0.1, -0.05) is 18.2 Å². The van der Waals surface area contributed by atoms with Gasteiger partial charge in [0.15, 0.2) is 9.84 Å². The Morgan fingerprint density at radius 2 is 1.76 bits per heavy atom. The Morgan fingerprint density at radius 1 is 1.03 bits per heavy atom. The quantitative estimate of drug-likeness (QED) is 0.750. The fraction of sp³-hybridized carbons (Fsp3) is 0.455. The molecule has 1 fully saturated rings. The second-order valence-electron chi connectivity index (χ2n) is 7.70. The first-order valence-electron chi connectivity index (χ1n) is 10.2. The Morgan fingerprint density at radius 3 is 2.48 bits per heavy atom. The van der Waals surface area contributed by atoms with Gasteiger partial charge in [-0.05, 0) is 48.9 Å². The molecule has 2 aromatic carbocycles. The Bertz CT molecular complexity index is 923. The molecular formula is C22H29N3O3S. The number of para-hydroxylation sites is 1. The van der Waals surface area contributed by atoms with Gasteiger partial charge in [0.05, 0.1) is 12.9 Å². The summed E-state index contributed by atoms with van der Waals surface area (Å²) in [6.45, 7) is 5.15. The standard InChI is InChI=1S/C22H29N3O3S/c1-28-19-9-7-18(8-10-19)25-14-12-24(13-15-25)11-4-16-29(26,27)22-17-23-21-6-3-2-5-20(21)22/h2-3,5-10,22-23H,4,11-17H2,1H3. The Labute approximate surface area is 173 Å². The van der Waals surface area contributed by atoms with Crippen molar-refractivity contribution in [2.75, 3.05) is 62.3 Å². The molecule has 4 rings (SSSR count). The highest BCUT2D eigenvalue weighted by atomic mass is 32.2. The summed E-state index contributed by atoms with van der Waals surface area (Å²) in [5, 5.41) is 2.81. The van der Waals surface area contributed by atoms with Crippen LogP contribution in [0.2, 0.25) is 0 Å². The number of hydrogen-bond acceptors (Lipinski definition) is 6. The van der Waals surface area contributed by atoms with E-state index in [9.17, 15) is 8.42 Å². The predicted octanol–water partition coefficient (Wildman–Crippen LogP) is 2.79. The number of nitrogens with zero attached hydrogens (tertiary/aromatic N) is 2. The molecule has 2 aromatic rings. The Kier molecular flexibility index (Phi) is 5.96. The van der Waals surface area contributed by atoms with E-state index in [1.54, 1.807) is 7.11 Å². The molecule has 1 N–H and O–H groups in total. The molecule has 1 saturated heterocycles. The SMILES string of the molecule is COc1ccc(N2CCN(CCCS(=O)(=O)C3CNc4ccccc43)CC2)cc1. The van der Waals surface area contributed by atoms with Crippen molar-refractivity contribution in [1.29, 1.82) is 0 Å². The molecule has 2 aliphatic rings. The molecular weight excluding hydrogens is 386 g/mol. The lowest BCUT2D eigenvalue weighted by molar-refractivity contribution is 0.258. The van der Waals surface area contributed by atoms with Crippen LogP contribution in [-0.2, 0) is 9.84 Å². The van der Waals surface area contributed by atoms with Crippen LogP contribution in [0.25, 0.3) is 0 Å².